The first-order valence-electron chi connectivity index (χ1n) is 10.0. The van der Waals surface area contributed by atoms with Crippen LogP contribution in [0, 0.1) is 0 Å². The standard InChI is InChI=1S/C23H21N7O/c1-24-13-20(14-5-3-2-4-6-14)28-23(31)22-26-18-11-16-17(12-19(18)27-22)29-30-21(16)15-7-9-25-10-8-15/h2-12,20,24H,13H2,1H3,(H,26,27)(H,28,31)(H,29,30)/t20-/m1/s1. The zero-order valence-electron chi connectivity index (χ0n) is 16.9. The van der Waals surface area contributed by atoms with E-state index in [1.54, 1.807) is 12.4 Å². The van der Waals surface area contributed by atoms with Gasteiger partial charge in [-0.05, 0) is 36.9 Å². The Balaban J connectivity index is 1.47. The highest BCUT2D eigenvalue weighted by molar-refractivity contribution is 6.02. The Labute approximate surface area is 178 Å². The topological polar surface area (TPSA) is 111 Å². The Kier molecular flexibility index (Phi) is 4.89. The monoisotopic (exact) mass is 411 g/mol. The lowest BCUT2D eigenvalue weighted by Crippen LogP contribution is -2.35. The smallest absolute Gasteiger partial charge is 0.287 e. The lowest BCUT2D eigenvalue weighted by molar-refractivity contribution is 0.0927. The van der Waals surface area contributed by atoms with Crippen molar-refractivity contribution in [3.05, 3.63) is 78.4 Å². The van der Waals surface area contributed by atoms with E-state index in [2.05, 4.69) is 35.8 Å². The number of imidazole rings is 1. The largest absolute Gasteiger partial charge is 0.341 e. The molecule has 1 amide bonds. The minimum atomic E-state index is -0.253. The predicted molar refractivity (Wildman–Crippen MR) is 120 cm³/mol. The number of rotatable bonds is 6. The van der Waals surface area contributed by atoms with Gasteiger partial charge in [0.25, 0.3) is 5.91 Å². The molecule has 31 heavy (non-hydrogen) atoms. The van der Waals surface area contributed by atoms with E-state index in [0.717, 1.165) is 33.2 Å². The van der Waals surface area contributed by atoms with Crippen molar-refractivity contribution in [2.24, 2.45) is 0 Å². The molecule has 1 atom stereocenters. The van der Waals surface area contributed by atoms with Crippen LogP contribution in [0.3, 0.4) is 0 Å². The summed E-state index contributed by atoms with van der Waals surface area (Å²) >= 11 is 0. The zero-order chi connectivity index (χ0) is 21.2. The molecule has 5 rings (SSSR count). The number of pyridine rings is 1. The third kappa shape index (κ3) is 3.64. The van der Waals surface area contributed by atoms with E-state index in [0.29, 0.717) is 12.1 Å². The second kappa shape index (κ2) is 8.00. The van der Waals surface area contributed by atoms with Gasteiger partial charge in [-0.3, -0.25) is 14.9 Å². The number of benzene rings is 2. The van der Waals surface area contributed by atoms with Crippen LogP contribution in [0.4, 0.5) is 0 Å². The molecule has 8 nitrogen and oxygen atoms in total. The molecule has 2 aromatic carbocycles. The van der Waals surface area contributed by atoms with Crippen LogP contribution in [0.25, 0.3) is 33.2 Å². The number of aromatic amines is 2. The number of fused-ring (bicyclic) bond motifs is 2. The predicted octanol–water partition coefficient (Wildman–Crippen LogP) is 3.19. The summed E-state index contributed by atoms with van der Waals surface area (Å²) in [6.45, 7) is 0.611. The maximum absolute atomic E-state index is 12.9. The molecular formula is C23H21N7O. The lowest BCUT2D eigenvalue weighted by Gasteiger charge is -2.18. The SMILES string of the molecule is CNC[C@@H](NC(=O)c1nc2cc3c(-c4ccncc4)n[nH]c3cc2[nH]1)c1ccccc1. The fraction of sp³-hybridized carbons (Fsp3) is 0.130. The van der Waals surface area contributed by atoms with Crippen LogP contribution < -0.4 is 10.6 Å². The summed E-state index contributed by atoms with van der Waals surface area (Å²) in [5.41, 5.74) is 5.17. The highest BCUT2D eigenvalue weighted by Gasteiger charge is 2.19. The summed E-state index contributed by atoms with van der Waals surface area (Å²) in [7, 11) is 1.86. The maximum atomic E-state index is 12.9. The Bertz CT molecular complexity index is 1340. The molecule has 0 aliphatic carbocycles. The highest BCUT2D eigenvalue weighted by atomic mass is 16.2. The lowest BCUT2D eigenvalue weighted by atomic mass is 10.1. The maximum Gasteiger partial charge on any atom is 0.287 e. The van der Waals surface area contributed by atoms with Crippen LogP contribution in [-0.4, -0.2) is 44.6 Å². The first kappa shape index (κ1) is 19.0. The highest BCUT2D eigenvalue weighted by Crippen LogP contribution is 2.28. The van der Waals surface area contributed by atoms with Gasteiger partial charge in [0.15, 0.2) is 5.82 Å². The fourth-order valence-corrected chi connectivity index (χ4v) is 3.73. The van der Waals surface area contributed by atoms with E-state index < -0.39 is 0 Å². The Morgan fingerprint density at radius 1 is 1.06 bits per heavy atom. The van der Waals surface area contributed by atoms with Crippen LogP contribution in [0.2, 0.25) is 0 Å². The summed E-state index contributed by atoms with van der Waals surface area (Å²) < 4.78 is 0. The van der Waals surface area contributed by atoms with Gasteiger partial charge in [-0.1, -0.05) is 30.3 Å². The van der Waals surface area contributed by atoms with Crippen molar-refractivity contribution in [2.45, 2.75) is 6.04 Å². The molecule has 0 unspecified atom stereocenters. The number of carbonyl (C=O) groups excluding carboxylic acids is 1. The number of aromatic nitrogens is 5. The van der Waals surface area contributed by atoms with Crippen molar-refractivity contribution >= 4 is 27.8 Å². The molecule has 8 heteroatoms. The molecule has 3 aromatic heterocycles. The third-order valence-electron chi connectivity index (χ3n) is 5.25. The Morgan fingerprint density at radius 3 is 2.65 bits per heavy atom. The molecule has 3 heterocycles. The van der Waals surface area contributed by atoms with Gasteiger partial charge in [-0.25, -0.2) is 4.98 Å². The first-order chi connectivity index (χ1) is 15.2. The van der Waals surface area contributed by atoms with E-state index in [4.69, 9.17) is 0 Å². The number of amides is 1. The number of hydrogen-bond donors (Lipinski definition) is 4. The van der Waals surface area contributed by atoms with Gasteiger partial charge in [0.2, 0.25) is 0 Å². The van der Waals surface area contributed by atoms with Gasteiger partial charge in [0.05, 0.1) is 22.6 Å². The molecule has 0 radical (unpaired) electrons. The Hall–Kier alpha value is -4.04. The molecule has 0 aliphatic heterocycles. The van der Waals surface area contributed by atoms with Crippen molar-refractivity contribution < 1.29 is 4.79 Å². The molecule has 0 saturated heterocycles. The van der Waals surface area contributed by atoms with E-state index in [-0.39, 0.29) is 17.8 Å². The average molecular weight is 411 g/mol. The molecule has 154 valence electrons. The quantitative estimate of drug-likeness (QED) is 0.343. The van der Waals surface area contributed by atoms with Gasteiger partial charge < -0.3 is 15.6 Å². The number of H-pyrrole nitrogens is 2. The molecule has 4 N–H and O–H groups in total. The third-order valence-corrected chi connectivity index (χ3v) is 5.25. The van der Waals surface area contributed by atoms with Crippen LogP contribution in [-0.2, 0) is 0 Å². The molecule has 0 saturated carbocycles. The van der Waals surface area contributed by atoms with Gasteiger partial charge in [-0.15, -0.1) is 0 Å². The number of carbonyl (C=O) groups is 1. The molecule has 5 aromatic rings. The van der Waals surface area contributed by atoms with Gasteiger partial charge in [0.1, 0.15) is 5.69 Å². The van der Waals surface area contributed by atoms with Gasteiger partial charge in [0, 0.05) is 29.9 Å². The Morgan fingerprint density at radius 2 is 1.87 bits per heavy atom. The zero-order valence-corrected chi connectivity index (χ0v) is 16.9. The van der Waals surface area contributed by atoms with Crippen molar-refractivity contribution in [3.63, 3.8) is 0 Å². The van der Waals surface area contributed by atoms with E-state index in [1.165, 1.54) is 0 Å². The van der Waals surface area contributed by atoms with Crippen LogP contribution >= 0.6 is 0 Å². The summed E-state index contributed by atoms with van der Waals surface area (Å²) in [6.07, 6.45) is 3.47. The summed E-state index contributed by atoms with van der Waals surface area (Å²) in [6, 6.07) is 17.4. The van der Waals surface area contributed by atoms with E-state index in [9.17, 15) is 4.79 Å². The van der Waals surface area contributed by atoms with E-state index >= 15 is 0 Å². The van der Waals surface area contributed by atoms with Gasteiger partial charge >= 0.3 is 0 Å². The summed E-state index contributed by atoms with van der Waals surface area (Å²) in [5.74, 6) is 0.0227. The number of nitrogens with zero attached hydrogens (tertiary/aromatic N) is 3. The van der Waals surface area contributed by atoms with Crippen molar-refractivity contribution in [3.8, 4) is 11.3 Å². The number of hydrogen-bond acceptors (Lipinski definition) is 5. The summed E-state index contributed by atoms with van der Waals surface area (Å²) in [5, 5.41) is 14.6. The fourth-order valence-electron chi connectivity index (χ4n) is 3.73. The van der Waals surface area contributed by atoms with Crippen LogP contribution in [0.15, 0.2) is 67.0 Å². The second-order valence-corrected chi connectivity index (χ2v) is 7.30. The number of likely N-dealkylation sites (N-methyl/N-ethyl adjacent to an activating group) is 1. The molecule has 0 spiro atoms. The number of nitrogens with one attached hydrogen (secondary N) is 4. The van der Waals surface area contributed by atoms with Crippen molar-refractivity contribution in [1.82, 2.24) is 35.8 Å². The second-order valence-electron chi connectivity index (χ2n) is 7.30. The van der Waals surface area contributed by atoms with Gasteiger partial charge in [-0.2, -0.15) is 5.10 Å². The van der Waals surface area contributed by atoms with E-state index in [1.807, 2.05) is 61.6 Å². The van der Waals surface area contributed by atoms with Crippen LogP contribution in [0.5, 0.6) is 0 Å². The van der Waals surface area contributed by atoms with Crippen LogP contribution in [0.1, 0.15) is 22.2 Å². The molecule has 0 bridgehead atoms. The molecular weight excluding hydrogens is 390 g/mol. The van der Waals surface area contributed by atoms with Crippen molar-refractivity contribution in [2.75, 3.05) is 13.6 Å². The van der Waals surface area contributed by atoms with Crippen molar-refractivity contribution in [1.29, 1.82) is 0 Å². The minimum absolute atomic E-state index is 0.163. The molecule has 0 fully saturated rings. The first-order valence-corrected chi connectivity index (χ1v) is 10.0. The summed E-state index contributed by atoms with van der Waals surface area (Å²) in [4.78, 5) is 24.7. The minimum Gasteiger partial charge on any atom is -0.341 e. The average Bonchev–Trinajstić information content (AvgIpc) is 3.42. The normalized spacial score (nSPS) is 12.3. The molecule has 0 aliphatic rings.